The Hall–Kier alpha value is -1.30. The van der Waals surface area contributed by atoms with Crippen molar-refractivity contribution in [1.82, 2.24) is 5.32 Å². The van der Waals surface area contributed by atoms with E-state index >= 15 is 0 Å². The van der Waals surface area contributed by atoms with Crippen LogP contribution in [-0.4, -0.2) is 103 Å². The first-order valence-electron chi connectivity index (χ1n) is 15.1. The van der Waals surface area contributed by atoms with Gasteiger partial charge in [-0.05, 0) is 6.42 Å². The van der Waals surface area contributed by atoms with Crippen LogP contribution in [0.2, 0.25) is 0 Å². The topological polar surface area (TPSA) is 122 Å². The summed E-state index contributed by atoms with van der Waals surface area (Å²) in [6.07, 6.45) is 17.7. The lowest BCUT2D eigenvalue weighted by Crippen LogP contribution is -2.31. The minimum Gasteiger partial charge on any atom is -0.480 e. The fraction of sp³-hybridized carbons (Fsp3) is 0.931. The summed E-state index contributed by atoms with van der Waals surface area (Å²) in [6.45, 7) is 7.06. The van der Waals surface area contributed by atoms with Gasteiger partial charge < -0.3 is 38.8 Å². The van der Waals surface area contributed by atoms with Gasteiger partial charge in [0.15, 0.2) is 0 Å². The summed E-state index contributed by atoms with van der Waals surface area (Å²) in [4.78, 5) is 21.6. The summed E-state index contributed by atoms with van der Waals surface area (Å²) in [6, 6.07) is 0. The van der Waals surface area contributed by atoms with E-state index in [2.05, 4.69) is 17.0 Å². The molecule has 2 N–H and O–H groups in total. The highest BCUT2D eigenvalue weighted by Crippen LogP contribution is 2.12. The smallest absolute Gasteiger partial charge is 0.329 e. The molecule has 10 nitrogen and oxygen atoms in total. The molecule has 0 spiro atoms. The van der Waals surface area contributed by atoms with Crippen molar-refractivity contribution in [2.75, 3.05) is 85.8 Å². The van der Waals surface area contributed by atoms with Gasteiger partial charge in [0.2, 0.25) is 5.91 Å². The summed E-state index contributed by atoms with van der Waals surface area (Å²) in [7, 11) is 0. The number of ether oxygens (including phenoxy) is 6. The van der Waals surface area contributed by atoms with E-state index in [1.165, 1.54) is 77.0 Å². The zero-order valence-corrected chi connectivity index (χ0v) is 24.6. The van der Waals surface area contributed by atoms with E-state index in [9.17, 15) is 9.59 Å². The maximum Gasteiger partial charge on any atom is 0.329 e. The van der Waals surface area contributed by atoms with Crippen molar-refractivity contribution in [2.45, 2.75) is 90.4 Å². The van der Waals surface area contributed by atoms with Gasteiger partial charge in [0.1, 0.15) is 13.2 Å². The lowest BCUT2D eigenvalue weighted by Gasteiger charge is -2.08. The van der Waals surface area contributed by atoms with Crippen molar-refractivity contribution in [3.63, 3.8) is 0 Å². The number of carboxylic acids is 1. The number of carbonyl (C=O) groups excluding carboxylic acids is 1. The van der Waals surface area contributed by atoms with Gasteiger partial charge in [-0.1, -0.05) is 84.0 Å². The SMILES string of the molecule is CCCCCCCCCCCCCCCOCCOCCOCCOCCOCCNC(=O)COCC(=O)O. The van der Waals surface area contributed by atoms with Crippen molar-refractivity contribution in [1.29, 1.82) is 0 Å². The molecule has 0 heterocycles. The summed E-state index contributed by atoms with van der Waals surface area (Å²) < 4.78 is 32.0. The van der Waals surface area contributed by atoms with Gasteiger partial charge >= 0.3 is 5.97 Å². The number of amides is 1. The molecular weight excluding hydrogens is 506 g/mol. The molecule has 0 fully saturated rings. The lowest BCUT2D eigenvalue weighted by molar-refractivity contribution is -0.143. The molecule has 0 aliphatic carbocycles. The first-order valence-corrected chi connectivity index (χ1v) is 15.1. The summed E-state index contributed by atoms with van der Waals surface area (Å²) in [5.74, 6) is -1.49. The molecule has 0 saturated carbocycles. The molecule has 0 aliphatic rings. The predicted molar refractivity (Wildman–Crippen MR) is 151 cm³/mol. The van der Waals surface area contributed by atoms with E-state index in [-0.39, 0.29) is 12.5 Å². The first-order chi connectivity index (χ1) is 19.2. The van der Waals surface area contributed by atoms with E-state index in [1.54, 1.807) is 0 Å². The van der Waals surface area contributed by atoms with Crippen molar-refractivity contribution < 1.29 is 43.1 Å². The predicted octanol–water partition coefficient (Wildman–Crippen LogP) is 4.38. The summed E-state index contributed by atoms with van der Waals surface area (Å²) >= 11 is 0. The number of nitrogens with one attached hydrogen (secondary N) is 1. The van der Waals surface area contributed by atoms with Crippen LogP contribution in [0.25, 0.3) is 0 Å². The van der Waals surface area contributed by atoms with Crippen molar-refractivity contribution in [3.8, 4) is 0 Å². The normalized spacial score (nSPS) is 11.2. The minimum atomic E-state index is -1.11. The number of unbranched alkanes of at least 4 members (excludes halogenated alkanes) is 12. The van der Waals surface area contributed by atoms with Crippen molar-refractivity contribution >= 4 is 11.9 Å². The fourth-order valence-electron chi connectivity index (χ4n) is 3.75. The highest BCUT2D eigenvalue weighted by Gasteiger charge is 2.03. The van der Waals surface area contributed by atoms with Crippen LogP contribution in [0, 0.1) is 0 Å². The fourth-order valence-corrected chi connectivity index (χ4v) is 3.75. The van der Waals surface area contributed by atoms with Crippen molar-refractivity contribution in [2.24, 2.45) is 0 Å². The molecule has 0 bridgehead atoms. The Kier molecular flexibility index (Phi) is 31.8. The number of hydrogen-bond donors (Lipinski definition) is 2. The van der Waals surface area contributed by atoms with E-state index < -0.39 is 12.6 Å². The van der Waals surface area contributed by atoms with Gasteiger partial charge in [-0.3, -0.25) is 4.79 Å². The van der Waals surface area contributed by atoms with E-state index in [4.69, 9.17) is 28.8 Å². The molecule has 0 unspecified atom stereocenters. The quantitative estimate of drug-likeness (QED) is 0.112. The molecule has 0 aromatic rings. The van der Waals surface area contributed by atoms with Crippen LogP contribution < -0.4 is 5.32 Å². The van der Waals surface area contributed by atoms with Crippen LogP contribution >= 0.6 is 0 Å². The molecule has 0 aromatic heterocycles. The Bertz CT molecular complexity index is 523. The van der Waals surface area contributed by atoms with E-state index in [1.807, 2.05) is 0 Å². The molecule has 0 aliphatic heterocycles. The highest BCUT2D eigenvalue weighted by atomic mass is 16.6. The molecule has 10 heteroatoms. The standard InChI is InChI=1S/C29H57NO9/c1-2-3-4-5-6-7-8-9-10-11-12-13-14-16-34-18-20-36-22-24-38-25-23-37-21-19-35-17-15-30-28(31)26-39-27-29(32)33/h2-27H2,1H3,(H,30,31)(H,32,33). The Balaban J connectivity index is 3.08. The van der Waals surface area contributed by atoms with Crippen molar-refractivity contribution in [3.05, 3.63) is 0 Å². The van der Waals surface area contributed by atoms with Crippen LogP contribution in [0.5, 0.6) is 0 Å². The number of carboxylic acid groups (broad SMARTS) is 1. The average Bonchev–Trinajstić information content (AvgIpc) is 2.92. The molecule has 0 radical (unpaired) electrons. The Morgan fingerprint density at radius 1 is 0.487 bits per heavy atom. The van der Waals surface area contributed by atoms with Crippen LogP contribution in [0.3, 0.4) is 0 Å². The summed E-state index contributed by atoms with van der Waals surface area (Å²) in [5.41, 5.74) is 0. The Morgan fingerprint density at radius 3 is 1.31 bits per heavy atom. The lowest BCUT2D eigenvalue weighted by atomic mass is 10.0. The average molecular weight is 564 g/mol. The number of carbonyl (C=O) groups is 2. The zero-order valence-electron chi connectivity index (χ0n) is 24.6. The Labute approximate surface area is 236 Å². The number of hydrogen-bond acceptors (Lipinski definition) is 8. The largest absolute Gasteiger partial charge is 0.480 e. The Morgan fingerprint density at radius 2 is 0.872 bits per heavy atom. The molecule has 39 heavy (non-hydrogen) atoms. The van der Waals surface area contributed by atoms with Crippen LogP contribution in [-0.2, 0) is 38.0 Å². The molecule has 232 valence electrons. The molecule has 0 aromatic carbocycles. The first kappa shape index (κ1) is 37.7. The molecule has 0 rings (SSSR count). The molecular formula is C29H57NO9. The van der Waals surface area contributed by atoms with Crippen LogP contribution in [0.4, 0.5) is 0 Å². The number of aliphatic carboxylic acids is 1. The molecule has 0 saturated heterocycles. The maximum absolute atomic E-state index is 11.3. The second-order valence-corrected chi connectivity index (χ2v) is 9.54. The number of rotatable bonds is 33. The molecule has 1 amide bonds. The van der Waals surface area contributed by atoms with Crippen LogP contribution in [0.1, 0.15) is 90.4 Å². The van der Waals surface area contributed by atoms with Gasteiger partial charge in [-0.25, -0.2) is 4.79 Å². The van der Waals surface area contributed by atoms with Crippen LogP contribution in [0.15, 0.2) is 0 Å². The minimum absolute atomic E-state index is 0.284. The third-order valence-corrected chi connectivity index (χ3v) is 5.91. The second kappa shape index (κ2) is 32.9. The van der Waals surface area contributed by atoms with Gasteiger partial charge in [0.25, 0.3) is 0 Å². The second-order valence-electron chi connectivity index (χ2n) is 9.54. The van der Waals surface area contributed by atoms with E-state index in [0.29, 0.717) is 66.0 Å². The highest BCUT2D eigenvalue weighted by molar-refractivity contribution is 5.77. The van der Waals surface area contributed by atoms with Gasteiger partial charge in [0, 0.05) is 13.2 Å². The maximum atomic E-state index is 11.3. The zero-order chi connectivity index (χ0) is 28.5. The third-order valence-electron chi connectivity index (χ3n) is 5.91. The molecule has 0 atom stereocenters. The third kappa shape index (κ3) is 34.7. The van der Waals surface area contributed by atoms with Gasteiger partial charge in [-0.15, -0.1) is 0 Å². The van der Waals surface area contributed by atoms with Gasteiger partial charge in [0.05, 0.1) is 59.5 Å². The summed E-state index contributed by atoms with van der Waals surface area (Å²) in [5, 5.41) is 11.0. The van der Waals surface area contributed by atoms with Gasteiger partial charge in [-0.2, -0.15) is 0 Å². The van der Waals surface area contributed by atoms with E-state index in [0.717, 1.165) is 13.0 Å². The monoisotopic (exact) mass is 563 g/mol.